The van der Waals surface area contributed by atoms with Gasteiger partial charge in [-0.1, -0.05) is 6.58 Å². The molecule has 0 aliphatic carbocycles. The fraction of sp³-hybridized carbons (Fsp3) is 0.273. The van der Waals surface area contributed by atoms with E-state index >= 15 is 0 Å². The molecule has 2 aromatic rings. The van der Waals surface area contributed by atoms with Crippen LogP contribution >= 0.6 is 0 Å². The van der Waals surface area contributed by atoms with Gasteiger partial charge in [0.15, 0.2) is 0 Å². The van der Waals surface area contributed by atoms with E-state index in [2.05, 4.69) is 28.0 Å². The number of pyridine rings is 1. The van der Waals surface area contributed by atoms with Crippen molar-refractivity contribution in [3.63, 3.8) is 0 Å². The number of rotatable bonds is 2. The molecular weight excluding hydrogens is 174 g/mol. The second-order valence-electron chi connectivity index (χ2n) is 3.37. The number of allylic oxidation sites excluding steroid dienone is 1. The number of imidazole rings is 1. The third-order valence-corrected chi connectivity index (χ3v) is 2.29. The van der Waals surface area contributed by atoms with Gasteiger partial charge in [0.2, 0.25) is 0 Å². The van der Waals surface area contributed by atoms with Gasteiger partial charge in [-0.15, -0.1) is 0 Å². The second kappa shape index (κ2) is 3.25. The third-order valence-electron chi connectivity index (χ3n) is 2.29. The van der Waals surface area contributed by atoms with Gasteiger partial charge in [-0.05, 0) is 25.5 Å². The minimum Gasteiger partial charge on any atom is -0.331 e. The molecule has 0 spiro atoms. The number of hydrogen-bond acceptors (Lipinski definition) is 2. The van der Waals surface area contributed by atoms with E-state index in [-0.39, 0.29) is 0 Å². The molecule has 0 saturated heterocycles. The molecule has 0 aromatic carbocycles. The highest BCUT2D eigenvalue weighted by molar-refractivity contribution is 5.77. The van der Waals surface area contributed by atoms with E-state index in [0.717, 1.165) is 28.8 Å². The van der Waals surface area contributed by atoms with Crippen LogP contribution in [0.2, 0.25) is 0 Å². The van der Waals surface area contributed by atoms with Crippen LogP contribution in [0.25, 0.3) is 16.6 Å². The van der Waals surface area contributed by atoms with Crippen molar-refractivity contribution < 1.29 is 0 Å². The zero-order valence-electron chi connectivity index (χ0n) is 8.49. The number of nitrogens with zero attached hydrogens (tertiary/aromatic N) is 3. The number of aryl methyl sites for hydroxylation is 1. The summed E-state index contributed by atoms with van der Waals surface area (Å²) in [4.78, 5) is 8.54. The van der Waals surface area contributed by atoms with E-state index in [4.69, 9.17) is 0 Å². The van der Waals surface area contributed by atoms with Crippen LogP contribution in [-0.2, 0) is 6.54 Å². The van der Waals surface area contributed by atoms with Gasteiger partial charge in [-0.25, -0.2) is 4.98 Å². The van der Waals surface area contributed by atoms with E-state index in [1.165, 1.54) is 0 Å². The Balaban J connectivity index is 2.67. The minimum absolute atomic E-state index is 0.927. The summed E-state index contributed by atoms with van der Waals surface area (Å²) in [5.74, 6) is 0. The van der Waals surface area contributed by atoms with Gasteiger partial charge in [0, 0.05) is 6.54 Å². The molecule has 0 radical (unpaired) electrons. The number of fused-ring (bicyclic) bond motifs is 1. The van der Waals surface area contributed by atoms with Crippen LogP contribution < -0.4 is 0 Å². The molecular formula is C11H13N3. The van der Waals surface area contributed by atoms with Gasteiger partial charge >= 0.3 is 0 Å². The van der Waals surface area contributed by atoms with Gasteiger partial charge in [0.1, 0.15) is 5.52 Å². The first-order chi connectivity index (χ1) is 6.72. The predicted octanol–water partition coefficient (Wildman–Crippen LogP) is 2.48. The Hall–Kier alpha value is -1.64. The highest BCUT2D eigenvalue weighted by atomic mass is 15.0. The summed E-state index contributed by atoms with van der Waals surface area (Å²) in [6.07, 6.45) is 3.64. The first-order valence-corrected chi connectivity index (χ1v) is 4.69. The maximum absolute atomic E-state index is 4.28. The Bertz CT molecular complexity index is 482. The van der Waals surface area contributed by atoms with E-state index in [0.29, 0.717) is 0 Å². The molecule has 2 heterocycles. The third kappa shape index (κ3) is 1.31. The lowest BCUT2D eigenvalue weighted by Crippen LogP contribution is -1.92. The minimum atomic E-state index is 0.927. The molecule has 0 atom stereocenters. The van der Waals surface area contributed by atoms with Crippen molar-refractivity contribution in [2.24, 2.45) is 0 Å². The maximum atomic E-state index is 4.28. The fourth-order valence-electron chi connectivity index (χ4n) is 1.45. The summed E-state index contributed by atoms with van der Waals surface area (Å²) in [6, 6.07) is 2.04. The summed E-state index contributed by atoms with van der Waals surface area (Å²) in [6.45, 7) is 8.86. The van der Waals surface area contributed by atoms with Crippen molar-refractivity contribution in [2.45, 2.75) is 20.4 Å². The van der Waals surface area contributed by atoms with Gasteiger partial charge in [-0.2, -0.15) is 0 Å². The zero-order valence-corrected chi connectivity index (χ0v) is 8.49. The van der Waals surface area contributed by atoms with E-state index in [1.807, 2.05) is 19.3 Å². The Labute approximate surface area is 83.1 Å². The van der Waals surface area contributed by atoms with Gasteiger partial charge in [0.05, 0.1) is 23.7 Å². The molecule has 2 aromatic heterocycles. The van der Waals surface area contributed by atoms with Crippen molar-refractivity contribution in [3.05, 3.63) is 30.9 Å². The molecule has 0 unspecified atom stereocenters. The fourth-order valence-corrected chi connectivity index (χ4v) is 1.45. The molecule has 72 valence electrons. The molecule has 0 aliphatic rings. The average molecular weight is 187 g/mol. The molecule has 3 heteroatoms. The van der Waals surface area contributed by atoms with Crippen molar-refractivity contribution in [3.8, 4) is 0 Å². The zero-order chi connectivity index (χ0) is 10.1. The van der Waals surface area contributed by atoms with Crippen molar-refractivity contribution >= 4 is 16.6 Å². The number of aromatic nitrogens is 3. The average Bonchev–Trinajstić information content (AvgIpc) is 2.59. The summed E-state index contributed by atoms with van der Waals surface area (Å²) in [5, 5.41) is 0. The molecule has 0 aliphatic heterocycles. The second-order valence-corrected chi connectivity index (χ2v) is 3.37. The quantitative estimate of drug-likeness (QED) is 0.723. The largest absolute Gasteiger partial charge is 0.331 e. The normalized spacial score (nSPS) is 10.7. The molecule has 0 saturated carbocycles. The molecule has 0 fully saturated rings. The molecule has 14 heavy (non-hydrogen) atoms. The van der Waals surface area contributed by atoms with Gasteiger partial charge in [0.25, 0.3) is 0 Å². The number of hydrogen-bond donors (Lipinski definition) is 0. The van der Waals surface area contributed by atoms with Crippen LogP contribution in [0.4, 0.5) is 0 Å². The highest BCUT2D eigenvalue weighted by Gasteiger charge is 2.03. The van der Waals surface area contributed by atoms with E-state index in [1.54, 1.807) is 6.20 Å². The van der Waals surface area contributed by atoms with Crippen molar-refractivity contribution in [1.29, 1.82) is 0 Å². The lowest BCUT2D eigenvalue weighted by Gasteiger charge is -2.01. The van der Waals surface area contributed by atoms with E-state index in [9.17, 15) is 0 Å². The van der Waals surface area contributed by atoms with Crippen molar-refractivity contribution in [1.82, 2.24) is 14.5 Å². The topological polar surface area (TPSA) is 30.7 Å². The summed E-state index contributed by atoms with van der Waals surface area (Å²) in [5.41, 5.74) is 3.99. The summed E-state index contributed by atoms with van der Waals surface area (Å²) >= 11 is 0. The maximum Gasteiger partial charge on any atom is 0.107 e. The first-order valence-electron chi connectivity index (χ1n) is 4.69. The summed E-state index contributed by atoms with van der Waals surface area (Å²) < 4.78 is 2.10. The van der Waals surface area contributed by atoms with Gasteiger partial charge in [-0.3, -0.25) is 4.98 Å². The molecule has 2 rings (SSSR count). The van der Waals surface area contributed by atoms with Gasteiger partial charge < -0.3 is 4.57 Å². The molecule has 3 nitrogen and oxygen atoms in total. The van der Waals surface area contributed by atoms with Crippen LogP contribution in [-0.4, -0.2) is 14.5 Å². The highest BCUT2D eigenvalue weighted by Crippen LogP contribution is 2.16. The van der Waals surface area contributed by atoms with Crippen LogP contribution in [0.15, 0.2) is 25.2 Å². The van der Waals surface area contributed by atoms with Crippen LogP contribution in [0.1, 0.15) is 19.5 Å². The van der Waals surface area contributed by atoms with Crippen LogP contribution in [0, 0.1) is 0 Å². The predicted molar refractivity (Wildman–Crippen MR) is 57.9 cm³/mol. The van der Waals surface area contributed by atoms with Crippen LogP contribution in [0.5, 0.6) is 0 Å². The Morgan fingerprint density at radius 1 is 1.50 bits per heavy atom. The lowest BCUT2D eigenvalue weighted by molar-refractivity contribution is 0.786. The summed E-state index contributed by atoms with van der Waals surface area (Å²) in [7, 11) is 0. The Morgan fingerprint density at radius 3 is 2.93 bits per heavy atom. The Kier molecular flexibility index (Phi) is 2.08. The van der Waals surface area contributed by atoms with Crippen LogP contribution in [0.3, 0.4) is 0 Å². The smallest absolute Gasteiger partial charge is 0.107 e. The molecule has 0 bridgehead atoms. The first kappa shape index (κ1) is 8.94. The molecule has 0 amide bonds. The molecule has 0 N–H and O–H groups in total. The lowest BCUT2D eigenvalue weighted by atomic mass is 10.2. The SMILES string of the molecule is C=C(C)c1cc2c(cn1)ncn2CC. The Morgan fingerprint density at radius 2 is 2.29 bits per heavy atom. The van der Waals surface area contributed by atoms with Crippen molar-refractivity contribution in [2.75, 3.05) is 0 Å². The van der Waals surface area contributed by atoms with E-state index < -0.39 is 0 Å². The standard InChI is InChI=1S/C11H13N3/c1-4-14-7-13-10-6-12-9(8(2)3)5-11(10)14/h5-7H,2,4H2,1,3H3. The monoisotopic (exact) mass is 187 g/mol.